The molecular weight excluding hydrogens is 302 g/mol. The molecular formula is C16H25NO4S. The average Bonchev–Trinajstić information content (AvgIpc) is 2.34. The molecule has 5 nitrogen and oxygen atoms in total. The number of carbonyl (C=O) groups is 1. The third-order valence-electron chi connectivity index (χ3n) is 2.71. The first kappa shape index (κ1) is 18.5. The second-order valence-corrected chi connectivity index (χ2v) is 9.19. The summed E-state index contributed by atoms with van der Waals surface area (Å²) in [4.78, 5) is 11.9. The highest BCUT2D eigenvalue weighted by molar-refractivity contribution is 7.90. The van der Waals surface area contributed by atoms with Crippen LogP contribution in [0, 0.1) is 10.8 Å². The summed E-state index contributed by atoms with van der Waals surface area (Å²) < 4.78 is 32.0. The minimum Gasteiger partial charge on any atom is -0.493 e. The van der Waals surface area contributed by atoms with E-state index >= 15 is 0 Å². The van der Waals surface area contributed by atoms with E-state index < -0.39 is 21.3 Å². The van der Waals surface area contributed by atoms with Crippen molar-refractivity contribution in [3.05, 3.63) is 24.3 Å². The summed E-state index contributed by atoms with van der Waals surface area (Å²) in [5, 5.41) is 0. The van der Waals surface area contributed by atoms with E-state index in [9.17, 15) is 13.2 Å². The molecule has 0 radical (unpaired) electrons. The van der Waals surface area contributed by atoms with Crippen molar-refractivity contribution >= 4 is 15.9 Å². The van der Waals surface area contributed by atoms with Gasteiger partial charge in [0.1, 0.15) is 5.75 Å². The van der Waals surface area contributed by atoms with Crippen LogP contribution in [0.25, 0.3) is 0 Å². The number of sulfonamides is 1. The van der Waals surface area contributed by atoms with Crippen molar-refractivity contribution in [3.63, 3.8) is 0 Å². The Morgan fingerprint density at radius 2 is 1.55 bits per heavy atom. The minimum atomic E-state index is -3.86. The molecule has 1 N–H and O–H groups in total. The summed E-state index contributed by atoms with van der Waals surface area (Å²) in [5.74, 6) is 0.0524. The first-order valence-electron chi connectivity index (χ1n) is 7.11. The fourth-order valence-corrected chi connectivity index (χ4v) is 2.51. The molecule has 22 heavy (non-hydrogen) atoms. The van der Waals surface area contributed by atoms with E-state index in [1.54, 1.807) is 32.9 Å². The van der Waals surface area contributed by atoms with Gasteiger partial charge in [0, 0.05) is 5.41 Å². The van der Waals surface area contributed by atoms with Crippen molar-refractivity contribution in [1.82, 2.24) is 4.72 Å². The van der Waals surface area contributed by atoms with Gasteiger partial charge >= 0.3 is 0 Å². The van der Waals surface area contributed by atoms with Gasteiger partial charge in [0.05, 0.1) is 11.5 Å². The second kappa shape index (κ2) is 6.28. The largest absolute Gasteiger partial charge is 0.493 e. The molecule has 0 heterocycles. The molecule has 0 bridgehead atoms. The van der Waals surface area contributed by atoms with E-state index in [2.05, 4.69) is 4.72 Å². The molecule has 1 aromatic carbocycles. The molecule has 0 aliphatic heterocycles. The quantitative estimate of drug-likeness (QED) is 0.923. The minimum absolute atomic E-state index is 0.0193. The van der Waals surface area contributed by atoms with E-state index in [1.807, 2.05) is 20.8 Å². The maximum atomic E-state index is 12.1. The van der Waals surface area contributed by atoms with Crippen LogP contribution in [0.4, 0.5) is 0 Å². The zero-order chi connectivity index (χ0) is 17.2. The fourth-order valence-electron chi connectivity index (χ4n) is 1.35. The number of carbonyl (C=O) groups excluding carboxylic acids is 1. The van der Waals surface area contributed by atoms with Gasteiger partial charge in [-0.05, 0) is 29.7 Å². The van der Waals surface area contributed by atoms with Crippen molar-refractivity contribution in [2.75, 3.05) is 6.61 Å². The molecule has 0 saturated carbocycles. The molecule has 0 aliphatic carbocycles. The summed E-state index contributed by atoms with van der Waals surface area (Å²) >= 11 is 0. The van der Waals surface area contributed by atoms with Crippen molar-refractivity contribution in [2.24, 2.45) is 10.8 Å². The normalized spacial score (nSPS) is 12.8. The highest BCUT2D eigenvalue weighted by Gasteiger charge is 2.26. The van der Waals surface area contributed by atoms with Gasteiger partial charge in [0.2, 0.25) is 5.91 Å². The van der Waals surface area contributed by atoms with Gasteiger partial charge in [-0.3, -0.25) is 4.79 Å². The van der Waals surface area contributed by atoms with Gasteiger partial charge in [-0.2, -0.15) is 0 Å². The molecule has 0 spiro atoms. The summed E-state index contributed by atoms with van der Waals surface area (Å²) in [5.41, 5.74) is -0.756. The molecule has 0 atom stereocenters. The molecule has 1 rings (SSSR count). The SMILES string of the molecule is CC(C)(C)COc1ccc(S(=O)(=O)NC(=O)C(C)(C)C)cc1. The molecule has 0 saturated heterocycles. The molecule has 6 heteroatoms. The van der Waals surface area contributed by atoms with E-state index in [-0.39, 0.29) is 10.3 Å². The lowest BCUT2D eigenvalue weighted by Crippen LogP contribution is -2.38. The standard InChI is InChI=1S/C16H25NO4S/c1-15(2,3)11-21-12-7-9-13(10-8-12)22(19,20)17-14(18)16(4,5)6/h7-10H,11H2,1-6H3,(H,17,18). The van der Waals surface area contributed by atoms with Gasteiger partial charge in [0.15, 0.2) is 0 Å². The van der Waals surface area contributed by atoms with Crippen LogP contribution >= 0.6 is 0 Å². The van der Waals surface area contributed by atoms with Crippen LogP contribution in [-0.4, -0.2) is 20.9 Å². The van der Waals surface area contributed by atoms with Crippen LogP contribution < -0.4 is 9.46 Å². The highest BCUT2D eigenvalue weighted by Crippen LogP contribution is 2.21. The zero-order valence-electron chi connectivity index (χ0n) is 14.1. The molecule has 1 aromatic rings. The number of ether oxygens (including phenoxy) is 1. The van der Waals surface area contributed by atoms with E-state index in [0.29, 0.717) is 12.4 Å². The lowest BCUT2D eigenvalue weighted by atomic mass is 9.96. The summed E-state index contributed by atoms with van der Waals surface area (Å²) in [6.07, 6.45) is 0. The lowest BCUT2D eigenvalue weighted by molar-refractivity contribution is -0.126. The van der Waals surface area contributed by atoms with E-state index in [4.69, 9.17) is 4.74 Å². The lowest BCUT2D eigenvalue weighted by Gasteiger charge is -2.19. The van der Waals surface area contributed by atoms with Crippen molar-refractivity contribution in [3.8, 4) is 5.75 Å². The maximum absolute atomic E-state index is 12.1. The predicted octanol–water partition coefficient (Wildman–Crippen LogP) is 2.96. The van der Waals surface area contributed by atoms with Crippen LogP contribution in [0.5, 0.6) is 5.75 Å². The summed E-state index contributed by atoms with van der Waals surface area (Å²) in [6, 6.07) is 6.02. The maximum Gasteiger partial charge on any atom is 0.264 e. The average molecular weight is 327 g/mol. The first-order valence-corrected chi connectivity index (χ1v) is 8.60. The van der Waals surface area contributed by atoms with Crippen LogP contribution in [0.3, 0.4) is 0 Å². The Kier molecular flexibility index (Phi) is 5.28. The third kappa shape index (κ3) is 5.67. The molecule has 0 fully saturated rings. The molecule has 0 aromatic heterocycles. The Labute approximate surface area is 133 Å². The fraction of sp³-hybridized carbons (Fsp3) is 0.562. The number of benzene rings is 1. The van der Waals surface area contributed by atoms with Crippen molar-refractivity contribution in [1.29, 1.82) is 0 Å². The van der Waals surface area contributed by atoms with Gasteiger partial charge in [-0.15, -0.1) is 0 Å². The number of amides is 1. The van der Waals surface area contributed by atoms with Crippen molar-refractivity contribution < 1.29 is 17.9 Å². The third-order valence-corrected chi connectivity index (χ3v) is 4.06. The van der Waals surface area contributed by atoms with Crippen LogP contribution in [0.15, 0.2) is 29.2 Å². The van der Waals surface area contributed by atoms with Gasteiger partial charge in [-0.1, -0.05) is 41.5 Å². The highest BCUT2D eigenvalue weighted by atomic mass is 32.2. The zero-order valence-corrected chi connectivity index (χ0v) is 14.9. The number of nitrogens with one attached hydrogen (secondary N) is 1. The van der Waals surface area contributed by atoms with Gasteiger partial charge < -0.3 is 4.74 Å². The first-order chi connectivity index (χ1) is 9.81. The van der Waals surface area contributed by atoms with E-state index in [1.165, 1.54) is 12.1 Å². The monoisotopic (exact) mass is 327 g/mol. The number of rotatable bonds is 4. The molecule has 124 valence electrons. The Morgan fingerprint density at radius 3 is 1.95 bits per heavy atom. The van der Waals surface area contributed by atoms with Gasteiger partial charge in [-0.25, -0.2) is 13.1 Å². The summed E-state index contributed by atoms with van der Waals surface area (Å²) in [6.45, 7) is 11.6. The Morgan fingerprint density at radius 1 is 1.05 bits per heavy atom. The Bertz CT molecular complexity index is 620. The summed E-state index contributed by atoms with van der Waals surface area (Å²) in [7, 11) is -3.86. The smallest absolute Gasteiger partial charge is 0.264 e. The number of hydrogen-bond acceptors (Lipinski definition) is 4. The molecule has 0 unspecified atom stereocenters. The topological polar surface area (TPSA) is 72.5 Å². The Hall–Kier alpha value is -1.56. The Balaban J connectivity index is 2.83. The second-order valence-electron chi connectivity index (χ2n) is 7.51. The molecule has 0 aliphatic rings. The van der Waals surface area contributed by atoms with Gasteiger partial charge in [0.25, 0.3) is 10.0 Å². The van der Waals surface area contributed by atoms with Crippen LogP contribution in [-0.2, 0) is 14.8 Å². The number of hydrogen-bond donors (Lipinski definition) is 1. The van der Waals surface area contributed by atoms with Crippen molar-refractivity contribution in [2.45, 2.75) is 46.4 Å². The van der Waals surface area contributed by atoms with Crippen LogP contribution in [0.1, 0.15) is 41.5 Å². The predicted molar refractivity (Wildman–Crippen MR) is 86.2 cm³/mol. The van der Waals surface area contributed by atoms with Crippen LogP contribution in [0.2, 0.25) is 0 Å². The molecule has 1 amide bonds. The van der Waals surface area contributed by atoms with E-state index in [0.717, 1.165) is 0 Å².